The number of aromatic amines is 1. The number of benzene rings is 2. The first-order valence-electron chi connectivity index (χ1n) is 8.61. The Bertz CT molecular complexity index is 950. The Labute approximate surface area is 160 Å². The Morgan fingerprint density at radius 3 is 2.56 bits per heavy atom. The summed E-state index contributed by atoms with van der Waals surface area (Å²) in [4.78, 5) is 3.25. The van der Waals surface area contributed by atoms with Gasteiger partial charge in [-0.2, -0.15) is 13.2 Å². The fourth-order valence-electron chi connectivity index (χ4n) is 3.24. The molecule has 0 aliphatic rings. The molecule has 0 fully saturated rings. The van der Waals surface area contributed by atoms with E-state index in [0.717, 1.165) is 35.7 Å². The van der Waals surface area contributed by atoms with E-state index in [9.17, 15) is 13.2 Å². The summed E-state index contributed by atoms with van der Waals surface area (Å²) in [5.74, 6) is 0.599. The molecule has 2 aromatic carbocycles. The number of unbranched alkanes of at least 4 members (excludes halogenated alkanes) is 1. The molecule has 3 rings (SSSR count). The zero-order valence-electron chi connectivity index (χ0n) is 14.8. The van der Waals surface area contributed by atoms with Crippen LogP contribution in [0.15, 0.2) is 36.4 Å². The molecule has 0 atom stereocenters. The number of hydrogen-bond acceptors (Lipinski definition) is 2. The van der Waals surface area contributed by atoms with E-state index in [-0.39, 0.29) is 0 Å². The molecular weight excluding hydrogens is 377 g/mol. The lowest BCUT2D eigenvalue weighted by Crippen LogP contribution is -2.04. The minimum atomic E-state index is -4.39. The number of fused-ring (bicyclic) bond motifs is 1. The van der Waals surface area contributed by atoms with E-state index in [1.54, 1.807) is 25.3 Å². The van der Waals surface area contributed by atoms with Crippen LogP contribution >= 0.6 is 11.6 Å². The minimum absolute atomic E-state index is 0.522. The molecule has 3 aromatic rings. The first kappa shape index (κ1) is 19.6. The molecule has 0 aliphatic heterocycles. The van der Waals surface area contributed by atoms with Crippen molar-refractivity contribution in [2.24, 2.45) is 5.73 Å². The molecule has 0 radical (unpaired) electrons. The molecule has 1 aromatic heterocycles. The highest BCUT2D eigenvalue weighted by Crippen LogP contribution is 2.40. The SMILES string of the molecule is COc1ccc(Cl)cc1-c1[nH]c2ccc(C(F)(F)F)cc2c1CCCCN. The zero-order chi connectivity index (χ0) is 19.6. The number of methoxy groups -OCH3 is 1. The molecule has 0 saturated heterocycles. The fraction of sp³-hybridized carbons (Fsp3) is 0.300. The van der Waals surface area contributed by atoms with E-state index < -0.39 is 11.7 Å². The van der Waals surface area contributed by atoms with Crippen LogP contribution in [0.4, 0.5) is 13.2 Å². The van der Waals surface area contributed by atoms with Crippen LogP contribution in [-0.2, 0) is 12.6 Å². The molecule has 0 aliphatic carbocycles. The Balaban J connectivity index is 2.22. The van der Waals surface area contributed by atoms with Gasteiger partial charge in [0.25, 0.3) is 0 Å². The molecule has 0 spiro atoms. The van der Waals surface area contributed by atoms with Gasteiger partial charge in [0.1, 0.15) is 5.75 Å². The monoisotopic (exact) mass is 396 g/mol. The summed E-state index contributed by atoms with van der Waals surface area (Å²) < 4.78 is 45.0. The molecule has 27 heavy (non-hydrogen) atoms. The summed E-state index contributed by atoms with van der Waals surface area (Å²) in [6.07, 6.45) is -2.23. The molecule has 3 nitrogen and oxygen atoms in total. The number of halogens is 4. The molecular formula is C20H20ClF3N2O. The maximum atomic E-state index is 13.2. The summed E-state index contributed by atoms with van der Waals surface area (Å²) in [7, 11) is 1.55. The predicted molar refractivity (Wildman–Crippen MR) is 102 cm³/mol. The van der Waals surface area contributed by atoms with Crippen LogP contribution in [0.3, 0.4) is 0 Å². The summed E-state index contributed by atoms with van der Waals surface area (Å²) in [5.41, 5.74) is 7.81. The number of ether oxygens (including phenoxy) is 1. The second-order valence-corrected chi connectivity index (χ2v) is 6.76. The quantitative estimate of drug-likeness (QED) is 0.517. The summed E-state index contributed by atoms with van der Waals surface area (Å²) in [6.45, 7) is 0.534. The van der Waals surface area contributed by atoms with Crippen molar-refractivity contribution in [3.8, 4) is 17.0 Å². The summed E-state index contributed by atoms with van der Waals surface area (Å²) in [6, 6.07) is 8.95. The number of aromatic nitrogens is 1. The van der Waals surface area contributed by atoms with Crippen LogP contribution in [0.25, 0.3) is 22.2 Å². The van der Waals surface area contributed by atoms with Crippen molar-refractivity contribution < 1.29 is 17.9 Å². The highest BCUT2D eigenvalue weighted by Gasteiger charge is 2.31. The average Bonchev–Trinajstić information content (AvgIpc) is 2.99. The number of aryl methyl sites for hydroxylation is 1. The Hall–Kier alpha value is -2.18. The van der Waals surface area contributed by atoms with Gasteiger partial charge in [-0.1, -0.05) is 11.6 Å². The number of nitrogens with one attached hydrogen (secondary N) is 1. The van der Waals surface area contributed by atoms with Gasteiger partial charge in [0.2, 0.25) is 0 Å². The third kappa shape index (κ3) is 4.06. The molecule has 0 saturated carbocycles. The Kier molecular flexibility index (Phi) is 5.67. The van der Waals surface area contributed by atoms with Crippen LogP contribution in [0, 0.1) is 0 Å². The molecule has 0 amide bonds. The number of rotatable bonds is 6. The first-order chi connectivity index (χ1) is 12.8. The van der Waals surface area contributed by atoms with Crippen molar-refractivity contribution in [2.45, 2.75) is 25.4 Å². The van der Waals surface area contributed by atoms with Crippen LogP contribution < -0.4 is 10.5 Å². The second kappa shape index (κ2) is 7.82. The third-order valence-corrected chi connectivity index (χ3v) is 4.78. The van der Waals surface area contributed by atoms with E-state index in [2.05, 4.69) is 4.98 Å². The van der Waals surface area contributed by atoms with Crippen molar-refractivity contribution in [1.29, 1.82) is 0 Å². The lowest BCUT2D eigenvalue weighted by molar-refractivity contribution is -0.137. The highest BCUT2D eigenvalue weighted by atomic mass is 35.5. The van der Waals surface area contributed by atoms with E-state index in [0.29, 0.717) is 34.6 Å². The van der Waals surface area contributed by atoms with Gasteiger partial charge in [0.05, 0.1) is 18.4 Å². The standard InChI is InChI=1S/C20H20ClF3N2O/c1-27-18-8-6-13(21)11-16(18)19-14(4-2-3-9-25)15-10-12(20(22,23)24)5-7-17(15)26-19/h5-8,10-11,26H,2-4,9,25H2,1H3. The zero-order valence-corrected chi connectivity index (χ0v) is 15.5. The molecule has 7 heteroatoms. The van der Waals surface area contributed by atoms with Gasteiger partial charge in [-0.15, -0.1) is 0 Å². The molecule has 3 N–H and O–H groups in total. The van der Waals surface area contributed by atoms with Gasteiger partial charge < -0.3 is 15.5 Å². The molecule has 144 valence electrons. The lowest BCUT2D eigenvalue weighted by atomic mass is 9.98. The van der Waals surface area contributed by atoms with Crippen LogP contribution in [-0.4, -0.2) is 18.6 Å². The van der Waals surface area contributed by atoms with Crippen LogP contribution in [0.1, 0.15) is 24.0 Å². The van der Waals surface area contributed by atoms with Gasteiger partial charge in [-0.05, 0) is 67.8 Å². The third-order valence-electron chi connectivity index (χ3n) is 4.55. The predicted octanol–water partition coefficient (Wildman–Crippen LogP) is 5.80. The van der Waals surface area contributed by atoms with Gasteiger partial charge >= 0.3 is 6.18 Å². The van der Waals surface area contributed by atoms with Crippen molar-refractivity contribution in [1.82, 2.24) is 4.98 Å². The van der Waals surface area contributed by atoms with Crippen molar-refractivity contribution in [3.63, 3.8) is 0 Å². The van der Waals surface area contributed by atoms with Crippen molar-refractivity contribution in [2.75, 3.05) is 13.7 Å². The smallest absolute Gasteiger partial charge is 0.416 e. The van der Waals surface area contributed by atoms with E-state index in [1.165, 1.54) is 12.1 Å². The minimum Gasteiger partial charge on any atom is -0.496 e. The second-order valence-electron chi connectivity index (χ2n) is 6.33. The first-order valence-corrected chi connectivity index (χ1v) is 8.98. The normalized spacial score (nSPS) is 11.9. The maximum absolute atomic E-state index is 13.2. The van der Waals surface area contributed by atoms with E-state index >= 15 is 0 Å². The summed E-state index contributed by atoms with van der Waals surface area (Å²) in [5, 5.41) is 1.08. The van der Waals surface area contributed by atoms with Gasteiger partial charge in [-0.3, -0.25) is 0 Å². The Morgan fingerprint density at radius 2 is 1.89 bits per heavy atom. The van der Waals surface area contributed by atoms with Gasteiger partial charge in [0, 0.05) is 21.5 Å². The number of H-pyrrole nitrogens is 1. The number of nitrogens with two attached hydrogens (primary N) is 1. The maximum Gasteiger partial charge on any atom is 0.416 e. The number of hydrogen-bond donors (Lipinski definition) is 2. The highest BCUT2D eigenvalue weighted by molar-refractivity contribution is 6.31. The van der Waals surface area contributed by atoms with Gasteiger partial charge in [-0.25, -0.2) is 0 Å². The average molecular weight is 397 g/mol. The lowest BCUT2D eigenvalue weighted by Gasteiger charge is -2.11. The van der Waals surface area contributed by atoms with E-state index in [1.807, 2.05) is 0 Å². The van der Waals surface area contributed by atoms with Gasteiger partial charge in [0.15, 0.2) is 0 Å². The topological polar surface area (TPSA) is 51.0 Å². The van der Waals surface area contributed by atoms with Crippen LogP contribution in [0.5, 0.6) is 5.75 Å². The molecule has 0 unspecified atom stereocenters. The van der Waals surface area contributed by atoms with Crippen molar-refractivity contribution in [3.05, 3.63) is 52.5 Å². The van der Waals surface area contributed by atoms with E-state index in [4.69, 9.17) is 22.1 Å². The van der Waals surface area contributed by atoms with Crippen molar-refractivity contribution >= 4 is 22.5 Å². The largest absolute Gasteiger partial charge is 0.496 e. The fourth-order valence-corrected chi connectivity index (χ4v) is 3.41. The summed E-state index contributed by atoms with van der Waals surface area (Å²) >= 11 is 6.15. The molecule has 1 heterocycles. The number of alkyl halides is 3. The Morgan fingerprint density at radius 1 is 1.11 bits per heavy atom. The molecule has 0 bridgehead atoms. The van der Waals surface area contributed by atoms with Crippen LogP contribution in [0.2, 0.25) is 5.02 Å².